The molecular weight excluding hydrogens is 395 g/mol. The van der Waals surface area contributed by atoms with Crippen molar-refractivity contribution in [2.24, 2.45) is 5.92 Å². The fourth-order valence-corrected chi connectivity index (χ4v) is 5.17. The van der Waals surface area contributed by atoms with Crippen LogP contribution in [0.4, 0.5) is 4.39 Å². The molecule has 0 aromatic heterocycles. The van der Waals surface area contributed by atoms with Crippen LogP contribution >= 0.6 is 0 Å². The lowest BCUT2D eigenvalue weighted by atomic mass is 9.77. The Morgan fingerprint density at radius 3 is 2.38 bits per heavy atom. The highest BCUT2D eigenvalue weighted by Gasteiger charge is 2.21. The van der Waals surface area contributed by atoms with Crippen LogP contribution in [0.1, 0.15) is 68.1 Å². The third-order valence-corrected chi connectivity index (χ3v) is 7.04. The van der Waals surface area contributed by atoms with Crippen LogP contribution in [0, 0.1) is 11.7 Å². The fourth-order valence-electron chi connectivity index (χ4n) is 5.17. The maximum absolute atomic E-state index is 14.7. The molecule has 0 atom stereocenters. The first kappa shape index (κ1) is 22.6. The lowest BCUT2D eigenvalue weighted by Gasteiger charge is -2.28. The zero-order valence-electron chi connectivity index (χ0n) is 19.3. The topological polar surface area (TPSA) is 9.23 Å². The van der Waals surface area contributed by atoms with E-state index < -0.39 is 0 Å². The van der Waals surface area contributed by atoms with E-state index in [1.807, 2.05) is 18.2 Å². The number of halogens is 1. The highest BCUT2D eigenvalue weighted by Crippen LogP contribution is 2.37. The molecule has 32 heavy (non-hydrogen) atoms. The third-order valence-electron chi connectivity index (χ3n) is 7.04. The molecule has 0 bridgehead atoms. The van der Waals surface area contributed by atoms with Gasteiger partial charge in [0.2, 0.25) is 0 Å². The van der Waals surface area contributed by atoms with E-state index in [1.165, 1.54) is 55.2 Å². The zero-order chi connectivity index (χ0) is 22.3. The first-order valence-corrected chi connectivity index (χ1v) is 12.2. The maximum Gasteiger partial charge on any atom is 0.172 e. The zero-order valence-corrected chi connectivity index (χ0v) is 19.3. The average Bonchev–Trinajstić information content (AvgIpc) is 2.83. The van der Waals surface area contributed by atoms with Crippen LogP contribution in [-0.2, 0) is 12.8 Å². The minimum atomic E-state index is -0.296. The van der Waals surface area contributed by atoms with Gasteiger partial charge in [-0.15, -0.1) is 0 Å². The Hall–Kier alpha value is -2.61. The smallest absolute Gasteiger partial charge is 0.172 e. The van der Waals surface area contributed by atoms with Gasteiger partial charge in [-0.25, -0.2) is 4.39 Å². The monoisotopic (exact) mass is 430 g/mol. The lowest BCUT2D eigenvalue weighted by Crippen LogP contribution is -2.13. The van der Waals surface area contributed by atoms with Gasteiger partial charge >= 0.3 is 0 Å². The van der Waals surface area contributed by atoms with E-state index in [1.54, 1.807) is 12.1 Å². The highest BCUT2D eigenvalue weighted by molar-refractivity contribution is 5.85. The summed E-state index contributed by atoms with van der Waals surface area (Å²) in [6, 6.07) is 18.9. The van der Waals surface area contributed by atoms with Gasteiger partial charge in [-0.3, -0.25) is 0 Å². The molecule has 1 aliphatic rings. The van der Waals surface area contributed by atoms with Crippen LogP contribution in [-0.4, -0.2) is 6.61 Å². The molecule has 0 unspecified atom stereocenters. The number of hydrogen-bond donors (Lipinski definition) is 0. The van der Waals surface area contributed by atoms with E-state index in [9.17, 15) is 4.39 Å². The van der Waals surface area contributed by atoms with Gasteiger partial charge in [-0.1, -0.05) is 81.0 Å². The van der Waals surface area contributed by atoms with Gasteiger partial charge in [0.05, 0.1) is 0 Å². The molecule has 3 aromatic rings. The molecule has 1 fully saturated rings. The molecule has 0 saturated heterocycles. The second kappa shape index (κ2) is 10.8. The van der Waals surface area contributed by atoms with Crippen molar-refractivity contribution in [1.82, 2.24) is 0 Å². The largest absolute Gasteiger partial charge is 0.486 e. The molecule has 0 amide bonds. The molecule has 168 valence electrons. The van der Waals surface area contributed by atoms with Crippen molar-refractivity contribution < 1.29 is 9.13 Å². The Kier molecular flexibility index (Phi) is 7.63. The normalized spacial score (nSPS) is 18.6. The summed E-state index contributed by atoms with van der Waals surface area (Å²) in [6.45, 7) is 6.22. The van der Waals surface area contributed by atoms with Crippen molar-refractivity contribution in [1.29, 1.82) is 0 Å². The first-order valence-electron chi connectivity index (χ1n) is 12.2. The van der Waals surface area contributed by atoms with Crippen molar-refractivity contribution in [3.8, 4) is 5.75 Å². The van der Waals surface area contributed by atoms with Crippen LogP contribution in [0.5, 0.6) is 5.75 Å². The summed E-state index contributed by atoms with van der Waals surface area (Å²) in [5.74, 6) is 1.68. The van der Waals surface area contributed by atoms with E-state index in [2.05, 4.69) is 43.8 Å². The van der Waals surface area contributed by atoms with Crippen molar-refractivity contribution >= 4 is 10.8 Å². The van der Waals surface area contributed by atoms with Crippen LogP contribution in [0.15, 0.2) is 67.3 Å². The van der Waals surface area contributed by atoms with Crippen LogP contribution in [0.25, 0.3) is 10.8 Å². The second-order valence-corrected chi connectivity index (χ2v) is 9.28. The van der Waals surface area contributed by atoms with E-state index in [4.69, 9.17) is 4.74 Å². The van der Waals surface area contributed by atoms with E-state index in [0.717, 1.165) is 30.1 Å². The molecule has 3 aromatic carbocycles. The minimum absolute atomic E-state index is 0.282. The Balaban J connectivity index is 1.35. The van der Waals surface area contributed by atoms with Gasteiger partial charge in [0.25, 0.3) is 0 Å². The molecule has 0 heterocycles. The number of hydrogen-bond acceptors (Lipinski definition) is 1. The summed E-state index contributed by atoms with van der Waals surface area (Å²) in [6.07, 6.45) is 11.8. The molecule has 0 aliphatic heterocycles. The molecule has 2 heteroatoms. The molecule has 0 spiro atoms. The number of fused-ring (bicyclic) bond motifs is 1. The standard InChI is InChI=1S/C30H35FO/c1-3-5-22-8-13-25(14-9-22)26-15-10-23(11-16-26)6-7-24-12-18-28-27(21-24)17-19-29(30(28)31)32-20-4-2/h4,10-12,15-19,21-22,25H,2-3,5-9,13-14,20H2,1H3. The number of rotatable bonds is 9. The number of aryl methyl sites for hydroxylation is 2. The molecule has 0 radical (unpaired) electrons. The fraction of sp³-hybridized carbons (Fsp3) is 0.400. The average molecular weight is 431 g/mol. The van der Waals surface area contributed by atoms with Crippen LogP contribution < -0.4 is 4.74 Å². The van der Waals surface area contributed by atoms with Gasteiger partial charge in [-0.05, 0) is 78.5 Å². The highest BCUT2D eigenvalue weighted by atomic mass is 19.1. The first-order chi connectivity index (χ1) is 15.7. The predicted molar refractivity (Wildman–Crippen MR) is 133 cm³/mol. The minimum Gasteiger partial charge on any atom is -0.486 e. The summed E-state index contributed by atoms with van der Waals surface area (Å²) in [7, 11) is 0. The number of benzene rings is 3. The van der Waals surface area contributed by atoms with Crippen molar-refractivity contribution in [2.45, 2.75) is 64.2 Å². The van der Waals surface area contributed by atoms with Gasteiger partial charge in [0, 0.05) is 5.39 Å². The third kappa shape index (κ3) is 5.41. The summed E-state index contributed by atoms with van der Waals surface area (Å²) >= 11 is 0. The van der Waals surface area contributed by atoms with Crippen molar-refractivity contribution in [3.05, 3.63) is 89.8 Å². The Morgan fingerprint density at radius 1 is 0.938 bits per heavy atom. The molecule has 1 aliphatic carbocycles. The summed E-state index contributed by atoms with van der Waals surface area (Å²) in [5.41, 5.74) is 4.11. The van der Waals surface area contributed by atoms with Gasteiger partial charge < -0.3 is 4.74 Å². The van der Waals surface area contributed by atoms with Crippen LogP contribution in [0.3, 0.4) is 0 Å². The van der Waals surface area contributed by atoms with Crippen molar-refractivity contribution in [2.75, 3.05) is 6.61 Å². The lowest BCUT2D eigenvalue weighted by molar-refractivity contribution is 0.308. The Bertz CT molecular complexity index is 1030. The molecular formula is C30H35FO. The quantitative estimate of drug-likeness (QED) is 0.310. The number of ether oxygens (including phenoxy) is 1. The summed E-state index contributed by atoms with van der Waals surface area (Å²) < 4.78 is 20.1. The van der Waals surface area contributed by atoms with Gasteiger partial charge in [0.1, 0.15) is 6.61 Å². The molecule has 0 N–H and O–H groups in total. The van der Waals surface area contributed by atoms with Gasteiger partial charge in [-0.2, -0.15) is 0 Å². The molecule has 4 rings (SSSR count). The second-order valence-electron chi connectivity index (χ2n) is 9.28. The SMILES string of the molecule is C=CCOc1ccc2cc(CCc3ccc(C4CCC(CCC)CC4)cc3)ccc2c1F. The van der Waals surface area contributed by atoms with Crippen LogP contribution in [0.2, 0.25) is 0 Å². The molecule has 1 nitrogen and oxygen atoms in total. The summed E-state index contributed by atoms with van der Waals surface area (Å²) in [4.78, 5) is 0. The molecule has 1 saturated carbocycles. The van der Waals surface area contributed by atoms with E-state index >= 15 is 0 Å². The maximum atomic E-state index is 14.7. The van der Waals surface area contributed by atoms with Crippen molar-refractivity contribution in [3.63, 3.8) is 0 Å². The van der Waals surface area contributed by atoms with E-state index in [-0.39, 0.29) is 11.6 Å². The van der Waals surface area contributed by atoms with Gasteiger partial charge in [0.15, 0.2) is 11.6 Å². The predicted octanol–water partition coefficient (Wildman–Crippen LogP) is 8.40. The van der Waals surface area contributed by atoms with E-state index in [0.29, 0.717) is 12.0 Å². The Labute approximate surface area is 192 Å². The Morgan fingerprint density at radius 2 is 1.66 bits per heavy atom. The summed E-state index contributed by atoms with van der Waals surface area (Å²) in [5, 5.41) is 1.52.